The molecule has 0 spiro atoms. The Balaban J connectivity index is 1.51. The number of halogens is 2. The van der Waals surface area contributed by atoms with Crippen LogP contribution in [0, 0.1) is 0 Å². The fraction of sp³-hybridized carbons (Fsp3) is 0.300. The van der Waals surface area contributed by atoms with Crippen LogP contribution in [0.4, 0.5) is 17.5 Å². The van der Waals surface area contributed by atoms with Crippen LogP contribution in [-0.4, -0.2) is 63.5 Å². The van der Waals surface area contributed by atoms with Crippen molar-refractivity contribution in [1.82, 2.24) is 19.7 Å². The zero-order valence-corrected chi connectivity index (χ0v) is 18.1. The third kappa shape index (κ3) is 5.18. The lowest BCUT2D eigenvalue weighted by Gasteiger charge is -2.37. The van der Waals surface area contributed by atoms with Crippen molar-refractivity contribution in [3.05, 3.63) is 52.8 Å². The number of benzene rings is 1. The summed E-state index contributed by atoms with van der Waals surface area (Å²) >= 11 is 12.2. The summed E-state index contributed by atoms with van der Waals surface area (Å²) in [5.41, 5.74) is 1.03. The first kappa shape index (κ1) is 21.2. The quantitative estimate of drug-likeness (QED) is 0.553. The second-order valence-corrected chi connectivity index (χ2v) is 7.82. The number of aliphatic carboxylic acids is 1. The van der Waals surface area contributed by atoms with Crippen LogP contribution in [0.25, 0.3) is 5.82 Å². The van der Waals surface area contributed by atoms with Gasteiger partial charge in [0.15, 0.2) is 5.82 Å². The number of carboxylic acid groups (broad SMARTS) is 1. The number of nitrogens with zero attached hydrogens (tertiary/aromatic N) is 6. The van der Waals surface area contributed by atoms with Crippen molar-refractivity contribution in [2.75, 3.05) is 47.8 Å². The molecular weight excluding hydrogens is 441 g/mol. The molecule has 0 bridgehead atoms. The van der Waals surface area contributed by atoms with E-state index in [1.165, 1.54) is 0 Å². The highest BCUT2D eigenvalue weighted by Crippen LogP contribution is 2.28. The van der Waals surface area contributed by atoms with Crippen molar-refractivity contribution in [3.8, 4) is 5.82 Å². The summed E-state index contributed by atoms with van der Waals surface area (Å²) in [5.74, 6) is 0.859. The second kappa shape index (κ2) is 9.40. The molecule has 162 valence electrons. The van der Waals surface area contributed by atoms with Gasteiger partial charge in [0.2, 0.25) is 5.95 Å². The van der Waals surface area contributed by atoms with Gasteiger partial charge >= 0.3 is 5.97 Å². The Hall–Kier alpha value is -3.04. The Morgan fingerprint density at radius 1 is 1.03 bits per heavy atom. The van der Waals surface area contributed by atoms with E-state index in [-0.39, 0.29) is 13.0 Å². The van der Waals surface area contributed by atoms with Crippen LogP contribution in [0.3, 0.4) is 0 Å². The summed E-state index contributed by atoms with van der Waals surface area (Å²) < 4.78 is 1.65. The van der Waals surface area contributed by atoms with Gasteiger partial charge < -0.3 is 20.2 Å². The summed E-state index contributed by atoms with van der Waals surface area (Å²) in [6.07, 6.45) is 3.46. The number of rotatable bonds is 7. The first-order chi connectivity index (χ1) is 15.0. The molecule has 1 aliphatic heterocycles. The van der Waals surface area contributed by atoms with Gasteiger partial charge in [-0.2, -0.15) is 15.1 Å². The molecule has 0 aliphatic carbocycles. The fourth-order valence-electron chi connectivity index (χ4n) is 3.34. The van der Waals surface area contributed by atoms with Gasteiger partial charge in [0, 0.05) is 56.9 Å². The average Bonchev–Trinajstić information content (AvgIpc) is 3.30. The van der Waals surface area contributed by atoms with Crippen LogP contribution in [0.15, 0.2) is 42.7 Å². The van der Waals surface area contributed by atoms with E-state index < -0.39 is 5.97 Å². The van der Waals surface area contributed by atoms with Crippen LogP contribution in [0.1, 0.15) is 6.42 Å². The molecule has 1 saturated heterocycles. The van der Waals surface area contributed by atoms with Crippen LogP contribution >= 0.6 is 23.2 Å². The van der Waals surface area contributed by atoms with E-state index in [4.69, 9.17) is 28.3 Å². The van der Waals surface area contributed by atoms with Crippen LogP contribution in [-0.2, 0) is 4.79 Å². The fourth-order valence-corrected chi connectivity index (χ4v) is 3.63. The number of aromatic nitrogens is 4. The highest BCUT2D eigenvalue weighted by Gasteiger charge is 2.20. The number of nitrogens with one attached hydrogen (secondary N) is 1. The van der Waals surface area contributed by atoms with Crippen molar-refractivity contribution < 1.29 is 9.90 Å². The second-order valence-electron chi connectivity index (χ2n) is 7.00. The predicted octanol–water partition coefficient (Wildman–Crippen LogP) is 3.18. The van der Waals surface area contributed by atoms with Crippen LogP contribution < -0.4 is 15.1 Å². The maximum atomic E-state index is 10.8. The zero-order chi connectivity index (χ0) is 21.8. The summed E-state index contributed by atoms with van der Waals surface area (Å²) in [4.78, 5) is 24.3. The first-order valence-electron chi connectivity index (χ1n) is 9.79. The highest BCUT2D eigenvalue weighted by molar-refractivity contribution is 6.42. The molecular formula is C20H21Cl2N7O2. The van der Waals surface area contributed by atoms with E-state index in [0.717, 1.165) is 37.7 Å². The third-order valence-corrected chi connectivity index (χ3v) is 5.67. The molecule has 0 amide bonds. The summed E-state index contributed by atoms with van der Waals surface area (Å²) in [6, 6.07) is 9.35. The Labute approximate surface area is 189 Å². The first-order valence-corrected chi connectivity index (χ1v) is 10.5. The molecule has 4 rings (SSSR count). The number of carbonyl (C=O) groups is 1. The van der Waals surface area contributed by atoms with E-state index in [0.29, 0.717) is 21.8 Å². The topological polar surface area (TPSA) is 99.4 Å². The summed E-state index contributed by atoms with van der Waals surface area (Å²) in [6.45, 7) is 3.33. The molecule has 3 heterocycles. The lowest BCUT2D eigenvalue weighted by Crippen LogP contribution is -2.47. The molecule has 0 unspecified atom stereocenters. The molecule has 2 N–H and O–H groups in total. The minimum atomic E-state index is -0.880. The van der Waals surface area contributed by atoms with Crippen LogP contribution in [0.2, 0.25) is 10.0 Å². The largest absolute Gasteiger partial charge is 0.481 e. The van der Waals surface area contributed by atoms with Crippen molar-refractivity contribution in [2.45, 2.75) is 6.42 Å². The van der Waals surface area contributed by atoms with E-state index in [1.54, 1.807) is 23.1 Å². The monoisotopic (exact) mass is 461 g/mol. The lowest BCUT2D eigenvalue weighted by molar-refractivity contribution is -0.136. The minimum absolute atomic E-state index is 0.0208. The Kier molecular flexibility index (Phi) is 6.43. The van der Waals surface area contributed by atoms with Gasteiger partial charge in [0.05, 0.1) is 16.5 Å². The van der Waals surface area contributed by atoms with Crippen LogP contribution in [0.5, 0.6) is 0 Å². The summed E-state index contributed by atoms with van der Waals surface area (Å²) in [5, 5.41) is 17.2. The van der Waals surface area contributed by atoms with Gasteiger partial charge in [0.1, 0.15) is 5.82 Å². The number of hydrogen-bond donors (Lipinski definition) is 2. The molecule has 11 heteroatoms. The lowest BCUT2D eigenvalue weighted by atomic mass is 10.2. The number of carboxylic acids is 1. The van der Waals surface area contributed by atoms with E-state index in [1.807, 2.05) is 24.3 Å². The number of anilines is 3. The number of hydrogen-bond acceptors (Lipinski definition) is 7. The number of piperazine rings is 1. The molecule has 0 saturated carbocycles. The van der Waals surface area contributed by atoms with Gasteiger partial charge in [-0.15, -0.1) is 0 Å². The highest BCUT2D eigenvalue weighted by atomic mass is 35.5. The molecule has 1 aromatic carbocycles. The van der Waals surface area contributed by atoms with E-state index in [9.17, 15) is 4.79 Å². The molecule has 31 heavy (non-hydrogen) atoms. The minimum Gasteiger partial charge on any atom is -0.481 e. The predicted molar refractivity (Wildman–Crippen MR) is 121 cm³/mol. The SMILES string of the molecule is O=C(O)CCNc1nc(N2CCN(c3ccc(Cl)c(Cl)c3)CC2)cc(-n2cccn2)n1. The molecule has 1 fully saturated rings. The van der Waals surface area contributed by atoms with Gasteiger partial charge in [-0.1, -0.05) is 23.2 Å². The third-order valence-electron chi connectivity index (χ3n) is 4.93. The van der Waals surface area contributed by atoms with E-state index >= 15 is 0 Å². The van der Waals surface area contributed by atoms with Gasteiger partial charge in [0.25, 0.3) is 0 Å². The standard InChI is InChI=1S/C20H21Cl2N7O2/c21-15-3-2-14(12-16(15)22)27-8-10-28(11-9-27)17-13-18(29-7-1-5-24-29)26-20(25-17)23-6-4-19(30)31/h1-3,5,7,12-13H,4,6,8-11H2,(H,30,31)(H,23,25,26). The normalized spacial score (nSPS) is 14.0. The maximum absolute atomic E-state index is 10.8. The van der Waals surface area contributed by atoms with Gasteiger partial charge in [-0.3, -0.25) is 4.79 Å². The zero-order valence-electron chi connectivity index (χ0n) is 16.6. The molecule has 0 atom stereocenters. The Morgan fingerprint density at radius 3 is 2.45 bits per heavy atom. The molecule has 3 aromatic rings. The summed E-state index contributed by atoms with van der Waals surface area (Å²) in [7, 11) is 0. The Morgan fingerprint density at radius 2 is 1.77 bits per heavy atom. The Bertz CT molecular complexity index is 1050. The maximum Gasteiger partial charge on any atom is 0.305 e. The van der Waals surface area contributed by atoms with Gasteiger partial charge in [-0.25, -0.2) is 4.68 Å². The van der Waals surface area contributed by atoms with E-state index in [2.05, 4.69) is 30.2 Å². The molecule has 0 radical (unpaired) electrons. The smallest absolute Gasteiger partial charge is 0.305 e. The average molecular weight is 462 g/mol. The van der Waals surface area contributed by atoms with Crippen molar-refractivity contribution in [1.29, 1.82) is 0 Å². The molecule has 9 nitrogen and oxygen atoms in total. The molecule has 1 aliphatic rings. The van der Waals surface area contributed by atoms with Gasteiger partial charge in [-0.05, 0) is 24.3 Å². The molecule has 2 aromatic heterocycles. The van der Waals surface area contributed by atoms with Crippen molar-refractivity contribution in [2.24, 2.45) is 0 Å². The van der Waals surface area contributed by atoms with Crippen molar-refractivity contribution in [3.63, 3.8) is 0 Å². The van der Waals surface area contributed by atoms with Crippen molar-refractivity contribution >= 4 is 46.6 Å².